The number of hydrogen-bond donors (Lipinski definition) is 1. The van der Waals surface area contributed by atoms with Crippen LogP contribution in [0.15, 0.2) is 48.5 Å². The van der Waals surface area contributed by atoms with Crippen LogP contribution in [0.4, 0.5) is 5.69 Å². The first-order valence-electron chi connectivity index (χ1n) is 7.72. The fourth-order valence-electron chi connectivity index (χ4n) is 2.09. The van der Waals surface area contributed by atoms with Gasteiger partial charge in [0, 0.05) is 12.1 Å². The lowest BCUT2D eigenvalue weighted by molar-refractivity contribution is -0.147. The molecule has 126 valence electrons. The number of hydrogen-bond acceptors (Lipinski definition) is 4. The fourth-order valence-corrected chi connectivity index (χ4v) is 2.09. The molecule has 0 radical (unpaired) electrons. The number of amides is 1. The maximum atomic E-state index is 11.7. The number of benzene rings is 2. The standard InChI is InChI=1S/C19H21NO4/c1-14-3-8-16(9-4-14)20-18(21)13-24-19(22)12-7-15-5-10-17(23-2)11-6-15/h3-6,8-11H,7,12-13H2,1-2H3,(H,20,21). The summed E-state index contributed by atoms with van der Waals surface area (Å²) in [5.74, 6) is 0.0237. The van der Waals surface area contributed by atoms with Crippen molar-refractivity contribution < 1.29 is 19.1 Å². The Balaban J connectivity index is 1.70. The Morgan fingerprint density at radius 1 is 1.00 bits per heavy atom. The number of rotatable bonds is 7. The molecule has 5 heteroatoms. The lowest BCUT2D eigenvalue weighted by Gasteiger charge is -2.07. The smallest absolute Gasteiger partial charge is 0.306 e. The zero-order valence-corrected chi connectivity index (χ0v) is 13.9. The lowest BCUT2D eigenvalue weighted by Crippen LogP contribution is -2.21. The van der Waals surface area contributed by atoms with Crippen molar-refractivity contribution in [2.75, 3.05) is 19.0 Å². The fraction of sp³-hybridized carbons (Fsp3) is 0.263. The summed E-state index contributed by atoms with van der Waals surface area (Å²) in [5, 5.41) is 2.68. The molecule has 2 aromatic rings. The molecule has 5 nitrogen and oxygen atoms in total. The van der Waals surface area contributed by atoms with E-state index in [9.17, 15) is 9.59 Å². The number of methoxy groups -OCH3 is 1. The lowest BCUT2D eigenvalue weighted by atomic mass is 10.1. The zero-order chi connectivity index (χ0) is 17.4. The van der Waals surface area contributed by atoms with Crippen LogP contribution in [0.3, 0.4) is 0 Å². The van der Waals surface area contributed by atoms with Gasteiger partial charge in [0.15, 0.2) is 6.61 Å². The summed E-state index contributed by atoms with van der Waals surface area (Å²) in [6.45, 7) is 1.69. The summed E-state index contributed by atoms with van der Waals surface area (Å²) in [4.78, 5) is 23.5. The van der Waals surface area contributed by atoms with Crippen LogP contribution >= 0.6 is 0 Å². The van der Waals surface area contributed by atoms with Gasteiger partial charge in [-0.1, -0.05) is 29.8 Å². The number of nitrogens with one attached hydrogen (secondary N) is 1. The number of aryl methyl sites for hydroxylation is 2. The van der Waals surface area contributed by atoms with E-state index in [4.69, 9.17) is 9.47 Å². The summed E-state index contributed by atoms with van der Waals surface area (Å²) < 4.78 is 10.1. The predicted octanol–water partition coefficient (Wildman–Crippen LogP) is 3.12. The molecular weight excluding hydrogens is 306 g/mol. The Kier molecular flexibility index (Phi) is 6.37. The van der Waals surface area contributed by atoms with Gasteiger partial charge in [-0.05, 0) is 43.2 Å². The highest BCUT2D eigenvalue weighted by atomic mass is 16.5. The quantitative estimate of drug-likeness (QED) is 0.794. The molecule has 2 rings (SSSR count). The van der Waals surface area contributed by atoms with E-state index in [0.717, 1.165) is 16.9 Å². The second-order valence-corrected chi connectivity index (χ2v) is 5.42. The number of anilines is 1. The van der Waals surface area contributed by atoms with Crippen molar-refractivity contribution in [3.8, 4) is 5.75 Å². The second-order valence-electron chi connectivity index (χ2n) is 5.42. The minimum Gasteiger partial charge on any atom is -0.497 e. The molecule has 0 aliphatic rings. The van der Waals surface area contributed by atoms with Gasteiger partial charge in [-0.15, -0.1) is 0 Å². The molecule has 0 heterocycles. The molecule has 0 bridgehead atoms. The molecule has 1 N–H and O–H groups in total. The number of carbonyl (C=O) groups excluding carboxylic acids is 2. The Labute approximate surface area is 141 Å². The van der Waals surface area contributed by atoms with Crippen molar-refractivity contribution in [2.45, 2.75) is 19.8 Å². The number of carbonyl (C=O) groups is 2. The van der Waals surface area contributed by atoms with Crippen LogP contribution in [0.5, 0.6) is 5.75 Å². The average Bonchev–Trinajstić information content (AvgIpc) is 2.60. The van der Waals surface area contributed by atoms with Crippen LogP contribution in [-0.4, -0.2) is 25.6 Å². The third-order valence-electron chi connectivity index (χ3n) is 3.48. The van der Waals surface area contributed by atoms with E-state index >= 15 is 0 Å². The molecule has 0 aliphatic heterocycles. The summed E-state index contributed by atoms with van der Waals surface area (Å²) >= 11 is 0. The summed E-state index contributed by atoms with van der Waals surface area (Å²) in [5.41, 5.74) is 2.80. The second kappa shape index (κ2) is 8.72. The van der Waals surface area contributed by atoms with Gasteiger partial charge in [-0.3, -0.25) is 9.59 Å². The predicted molar refractivity (Wildman–Crippen MR) is 92.1 cm³/mol. The molecule has 0 aromatic heterocycles. The third kappa shape index (κ3) is 5.76. The van der Waals surface area contributed by atoms with Crippen molar-refractivity contribution in [1.82, 2.24) is 0 Å². The van der Waals surface area contributed by atoms with Crippen molar-refractivity contribution in [2.24, 2.45) is 0 Å². The van der Waals surface area contributed by atoms with Crippen LogP contribution < -0.4 is 10.1 Å². The largest absolute Gasteiger partial charge is 0.497 e. The Bertz CT molecular complexity index is 678. The van der Waals surface area contributed by atoms with Gasteiger partial charge in [0.1, 0.15) is 5.75 Å². The number of esters is 1. The first-order valence-corrected chi connectivity index (χ1v) is 7.72. The molecule has 24 heavy (non-hydrogen) atoms. The van der Waals surface area contributed by atoms with Gasteiger partial charge in [0.05, 0.1) is 7.11 Å². The van der Waals surface area contributed by atoms with E-state index in [0.29, 0.717) is 12.1 Å². The Morgan fingerprint density at radius 2 is 1.67 bits per heavy atom. The van der Waals surface area contributed by atoms with E-state index in [1.807, 2.05) is 43.3 Å². The molecule has 2 aromatic carbocycles. The molecule has 0 aliphatic carbocycles. The molecule has 0 spiro atoms. The minimum atomic E-state index is -0.398. The molecule has 1 amide bonds. The van der Waals surface area contributed by atoms with Crippen LogP contribution in [0.2, 0.25) is 0 Å². The molecule has 0 saturated heterocycles. The zero-order valence-electron chi connectivity index (χ0n) is 13.9. The van der Waals surface area contributed by atoms with E-state index < -0.39 is 5.97 Å². The molecular formula is C19H21NO4. The molecule has 0 atom stereocenters. The van der Waals surface area contributed by atoms with Gasteiger partial charge >= 0.3 is 5.97 Å². The highest BCUT2D eigenvalue weighted by Crippen LogP contribution is 2.13. The Morgan fingerprint density at radius 3 is 2.29 bits per heavy atom. The third-order valence-corrected chi connectivity index (χ3v) is 3.48. The van der Waals surface area contributed by atoms with Gasteiger partial charge in [-0.25, -0.2) is 0 Å². The molecule has 0 saturated carbocycles. The van der Waals surface area contributed by atoms with E-state index in [2.05, 4.69) is 5.32 Å². The van der Waals surface area contributed by atoms with Gasteiger partial charge < -0.3 is 14.8 Å². The molecule has 0 unspecified atom stereocenters. The average molecular weight is 327 g/mol. The normalized spacial score (nSPS) is 10.1. The summed E-state index contributed by atoms with van der Waals surface area (Å²) in [7, 11) is 1.61. The van der Waals surface area contributed by atoms with E-state index in [1.54, 1.807) is 19.2 Å². The van der Waals surface area contributed by atoms with Crippen molar-refractivity contribution in [1.29, 1.82) is 0 Å². The minimum absolute atomic E-state index is 0.226. The maximum Gasteiger partial charge on any atom is 0.306 e. The van der Waals surface area contributed by atoms with E-state index in [-0.39, 0.29) is 18.9 Å². The van der Waals surface area contributed by atoms with Crippen LogP contribution in [-0.2, 0) is 20.7 Å². The highest BCUT2D eigenvalue weighted by molar-refractivity contribution is 5.92. The van der Waals surface area contributed by atoms with Gasteiger partial charge in [-0.2, -0.15) is 0 Å². The summed E-state index contributed by atoms with van der Waals surface area (Å²) in [6, 6.07) is 14.9. The van der Waals surface area contributed by atoms with Gasteiger partial charge in [0.2, 0.25) is 0 Å². The highest BCUT2D eigenvalue weighted by Gasteiger charge is 2.08. The monoisotopic (exact) mass is 327 g/mol. The van der Waals surface area contributed by atoms with E-state index in [1.165, 1.54) is 0 Å². The van der Waals surface area contributed by atoms with Crippen LogP contribution in [0, 0.1) is 6.92 Å². The number of ether oxygens (including phenoxy) is 2. The maximum absolute atomic E-state index is 11.7. The summed E-state index contributed by atoms with van der Waals surface area (Å²) in [6.07, 6.45) is 0.784. The van der Waals surface area contributed by atoms with Crippen LogP contribution in [0.25, 0.3) is 0 Å². The van der Waals surface area contributed by atoms with Crippen LogP contribution in [0.1, 0.15) is 17.5 Å². The van der Waals surface area contributed by atoms with Crippen molar-refractivity contribution >= 4 is 17.6 Å². The first-order chi connectivity index (χ1) is 11.6. The first kappa shape index (κ1) is 17.5. The SMILES string of the molecule is COc1ccc(CCC(=O)OCC(=O)Nc2ccc(C)cc2)cc1. The van der Waals surface area contributed by atoms with Crippen molar-refractivity contribution in [3.63, 3.8) is 0 Å². The van der Waals surface area contributed by atoms with Crippen molar-refractivity contribution in [3.05, 3.63) is 59.7 Å². The molecule has 0 fully saturated rings. The Hall–Kier alpha value is -2.82. The topological polar surface area (TPSA) is 64.6 Å². The van der Waals surface area contributed by atoms with Gasteiger partial charge in [0.25, 0.3) is 5.91 Å².